The minimum atomic E-state index is -1.23. The van der Waals surface area contributed by atoms with Crippen LogP contribution >= 0.6 is 11.8 Å². The number of rotatable bonds is 6. The molecule has 1 fully saturated rings. The highest BCUT2D eigenvalue weighted by atomic mass is 32.2. The molecule has 2 heterocycles. The van der Waals surface area contributed by atoms with Gasteiger partial charge in [0, 0.05) is 25.4 Å². The summed E-state index contributed by atoms with van der Waals surface area (Å²) < 4.78 is 24.7. The predicted molar refractivity (Wildman–Crippen MR) is 89.7 cm³/mol. The number of methoxy groups -OCH3 is 1. The van der Waals surface area contributed by atoms with E-state index in [0.29, 0.717) is 11.3 Å². The summed E-state index contributed by atoms with van der Waals surface area (Å²) in [5.41, 5.74) is 6.37. The number of fused-ring (bicyclic) bond motifs is 1. The van der Waals surface area contributed by atoms with Crippen molar-refractivity contribution >= 4 is 30.0 Å². The van der Waals surface area contributed by atoms with Gasteiger partial charge in [0.1, 0.15) is 11.4 Å². The molecule has 0 radical (unpaired) electrons. The summed E-state index contributed by atoms with van der Waals surface area (Å²) >= 11 is 1.46. The molecule has 1 unspecified atom stereocenters. The number of ether oxygens (including phenoxy) is 5. The van der Waals surface area contributed by atoms with Crippen LogP contribution in [0.4, 0.5) is 9.59 Å². The van der Waals surface area contributed by atoms with Crippen LogP contribution in [0.25, 0.3) is 0 Å². The fraction of sp³-hybridized carbons (Fsp3) is 0.667. The van der Waals surface area contributed by atoms with E-state index >= 15 is 0 Å². The van der Waals surface area contributed by atoms with E-state index in [9.17, 15) is 14.4 Å². The summed E-state index contributed by atoms with van der Waals surface area (Å²) in [5, 5.41) is -0.305. The molecule has 2 rings (SSSR count). The smallest absolute Gasteiger partial charge is 0.431 e. The molecule has 0 aromatic carbocycles. The molecule has 1 saturated heterocycles. The Bertz CT molecular complexity index is 608. The number of hydrogen-bond acceptors (Lipinski definition) is 10. The van der Waals surface area contributed by atoms with Crippen LogP contribution in [0, 0.1) is 0 Å². The second-order valence-electron chi connectivity index (χ2n) is 5.85. The minimum absolute atomic E-state index is 0.0456. The zero-order valence-electron chi connectivity index (χ0n) is 14.9. The molecule has 3 atom stereocenters. The maximum Gasteiger partial charge on any atom is 0.518 e. The Balaban J connectivity index is 1.98. The molecule has 0 aromatic rings. The second-order valence-corrected chi connectivity index (χ2v) is 6.95. The minimum Gasteiger partial charge on any atom is -0.431 e. The van der Waals surface area contributed by atoms with Crippen molar-refractivity contribution < 1.29 is 38.1 Å². The lowest BCUT2D eigenvalue weighted by Crippen LogP contribution is -2.68. The van der Waals surface area contributed by atoms with Crippen molar-refractivity contribution in [2.75, 3.05) is 19.5 Å². The van der Waals surface area contributed by atoms with Crippen molar-refractivity contribution in [3.63, 3.8) is 0 Å². The second kappa shape index (κ2) is 8.60. The van der Waals surface area contributed by atoms with Crippen LogP contribution < -0.4 is 5.73 Å². The van der Waals surface area contributed by atoms with Gasteiger partial charge in [0.05, 0.1) is 12.7 Å². The number of thioether (sulfide) groups is 1. The standard InChI is InChI=1S/C15H22N2O8S/c1-7(2)22-14(19)23-8(3)24-15(20)25-12-9(5-21-4)6-26-13-10(16)11(18)17(12)13/h7-8,10,13H,5-6,16H2,1-4H3/t8?,10-,13-/m1/s1. The number of amides is 1. The van der Waals surface area contributed by atoms with Crippen LogP contribution in [0.5, 0.6) is 0 Å². The quantitative estimate of drug-likeness (QED) is 0.401. The van der Waals surface area contributed by atoms with Gasteiger partial charge in [-0.25, -0.2) is 9.59 Å². The van der Waals surface area contributed by atoms with Gasteiger partial charge < -0.3 is 29.4 Å². The maximum atomic E-state index is 12.0. The molecular formula is C15H22N2O8S. The first kappa shape index (κ1) is 20.3. The fourth-order valence-corrected chi connectivity index (χ4v) is 3.57. The summed E-state index contributed by atoms with van der Waals surface area (Å²) in [5.74, 6) is 0.179. The van der Waals surface area contributed by atoms with Crippen molar-refractivity contribution in [1.82, 2.24) is 4.90 Å². The third-order valence-corrected chi connectivity index (χ3v) is 4.75. The van der Waals surface area contributed by atoms with Crippen molar-refractivity contribution in [2.45, 2.75) is 44.6 Å². The van der Waals surface area contributed by atoms with Gasteiger partial charge in [0.2, 0.25) is 11.8 Å². The van der Waals surface area contributed by atoms with Gasteiger partial charge in [0.25, 0.3) is 6.29 Å². The summed E-state index contributed by atoms with van der Waals surface area (Å²) in [6, 6.07) is -0.647. The van der Waals surface area contributed by atoms with Gasteiger partial charge in [-0.1, -0.05) is 0 Å². The Morgan fingerprint density at radius 2 is 1.88 bits per heavy atom. The molecule has 0 aromatic heterocycles. The monoisotopic (exact) mass is 390 g/mol. The van der Waals surface area contributed by atoms with Gasteiger partial charge in [-0.05, 0) is 13.8 Å². The van der Waals surface area contributed by atoms with E-state index in [1.807, 2.05) is 0 Å². The maximum absolute atomic E-state index is 12.0. The number of carbonyl (C=O) groups excluding carboxylic acids is 3. The number of hydrogen-bond donors (Lipinski definition) is 1. The van der Waals surface area contributed by atoms with Crippen LogP contribution in [-0.2, 0) is 28.5 Å². The number of carbonyl (C=O) groups is 3. The van der Waals surface area contributed by atoms with E-state index in [4.69, 9.17) is 29.4 Å². The Morgan fingerprint density at radius 1 is 1.23 bits per heavy atom. The third-order valence-electron chi connectivity index (χ3n) is 3.39. The highest BCUT2D eigenvalue weighted by molar-refractivity contribution is 8.00. The number of β-lactam (4-membered cyclic amide) rings is 1. The largest absolute Gasteiger partial charge is 0.518 e. The topological polar surface area (TPSA) is 127 Å². The first-order valence-corrected chi connectivity index (χ1v) is 8.96. The summed E-state index contributed by atoms with van der Waals surface area (Å²) in [6.45, 7) is 4.81. The molecule has 1 amide bonds. The van der Waals surface area contributed by atoms with Gasteiger partial charge in [-0.3, -0.25) is 9.69 Å². The lowest BCUT2D eigenvalue weighted by Gasteiger charge is -2.47. The molecule has 11 heteroatoms. The van der Waals surface area contributed by atoms with Gasteiger partial charge in [-0.15, -0.1) is 11.8 Å². The molecule has 0 saturated carbocycles. The summed E-state index contributed by atoms with van der Waals surface area (Å²) in [6.07, 6.45) is -3.71. The molecule has 10 nitrogen and oxygen atoms in total. The normalized spacial score (nSPS) is 23.2. The van der Waals surface area contributed by atoms with Gasteiger partial charge >= 0.3 is 12.3 Å². The van der Waals surface area contributed by atoms with E-state index in [1.165, 1.54) is 30.7 Å². The summed E-state index contributed by atoms with van der Waals surface area (Å²) in [7, 11) is 1.49. The van der Waals surface area contributed by atoms with Crippen molar-refractivity contribution in [3.05, 3.63) is 11.5 Å². The fourth-order valence-electron chi connectivity index (χ4n) is 2.32. The van der Waals surface area contributed by atoms with E-state index < -0.39 is 24.6 Å². The van der Waals surface area contributed by atoms with Crippen LogP contribution in [-0.4, -0.2) is 66.4 Å². The van der Waals surface area contributed by atoms with Crippen molar-refractivity contribution in [1.29, 1.82) is 0 Å². The molecule has 0 bridgehead atoms. The highest BCUT2D eigenvalue weighted by Gasteiger charge is 2.51. The van der Waals surface area contributed by atoms with Crippen LogP contribution in [0.1, 0.15) is 20.8 Å². The zero-order chi connectivity index (χ0) is 19.4. The van der Waals surface area contributed by atoms with E-state index in [1.54, 1.807) is 13.8 Å². The lowest BCUT2D eigenvalue weighted by molar-refractivity contribution is -0.145. The lowest BCUT2D eigenvalue weighted by atomic mass is 10.1. The Labute approximate surface area is 154 Å². The molecule has 2 aliphatic heterocycles. The van der Waals surface area contributed by atoms with Crippen LogP contribution in [0.3, 0.4) is 0 Å². The predicted octanol–water partition coefficient (Wildman–Crippen LogP) is 1.15. The molecule has 26 heavy (non-hydrogen) atoms. The molecule has 2 aliphatic rings. The Kier molecular flexibility index (Phi) is 6.73. The number of nitrogens with two attached hydrogens (primary N) is 1. The van der Waals surface area contributed by atoms with Crippen LogP contribution in [0.2, 0.25) is 0 Å². The van der Waals surface area contributed by atoms with Crippen molar-refractivity contribution in [2.24, 2.45) is 5.73 Å². The molecule has 146 valence electrons. The van der Waals surface area contributed by atoms with Crippen LogP contribution in [0.15, 0.2) is 11.5 Å². The first-order valence-electron chi connectivity index (χ1n) is 7.91. The number of nitrogens with zero attached hydrogens (tertiary/aromatic N) is 1. The molecule has 0 aliphatic carbocycles. The third kappa shape index (κ3) is 4.59. The average molecular weight is 390 g/mol. The van der Waals surface area contributed by atoms with E-state index in [-0.39, 0.29) is 29.9 Å². The Morgan fingerprint density at radius 3 is 2.50 bits per heavy atom. The molecule has 0 spiro atoms. The Hall–Kier alpha value is -1.98. The van der Waals surface area contributed by atoms with Gasteiger partial charge in [-0.2, -0.15) is 0 Å². The molecule has 2 N–H and O–H groups in total. The average Bonchev–Trinajstić information content (AvgIpc) is 2.54. The zero-order valence-corrected chi connectivity index (χ0v) is 15.7. The molecular weight excluding hydrogens is 368 g/mol. The van der Waals surface area contributed by atoms with Crippen molar-refractivity contribution in [3.8, 4) is 0 Å². The van der Waals surface area contributed by atoms with Gasteiger partial charge in [0.15, 0.2) is 0 Å². The van der Waals surface area contributed by atoms with E-state index in [2.05, 4.69) is 0 Å². The summed E-state index contributed by atoms with van der Waals surface area (Å²) in [4.78, 5) is 36.7. The van der Waals surface area contributed by atoms with E-state index in [0.717, 1.165) is 0 Å². The first-order chi connectivity index (χ1) is 12.2. The SMILES string of the molecule is COCC1=C(OC(=O)OC(C)OC(=O)OC(C)C)N2C(=O)[C@@H](N)[C@H]2SC1. The highest BCUT2D eigenvalue weighted by Crippen LogP contribution is 2.39.